The largest absolute Gasteiger partial charge is 0.466 e. The molecule has 3 heterocycles. The average molecular weight is 731 g/mol. The summed E-state index contributed by atoms with van der Waals surface area (Å²) in [6.07, 6.45) is 0.818. The molecule has 0 amide bonds. The Morgan fingerprint density at radius 3 is 2.59 bits per heavy atom. The summed E-state index contributed by atoms with van der Waals surface area (Å²) in [6, 6.07) is 13.4. The highest BCUT2D eigenvalue weighted by atomic mass is 35.5. The van der Waals surface area contributed by atoms with Crippen molar-refractivity contribution in [2.24, 2.45) is 0 Å². The fourth-order valence-corrected chi connectivity index (χ4v) is 6.96. The molecule has 1 aliphatic heterocycles. The van der Waals surface area contributed by atoms with Crippen LogP contribution in [0, 0.1) is 0 Å². The monoisotopic (exact) mass is 729 g/mol. The summed E-state index contributed by atoms with van der Waals surface area (Å²) in [5.74, 6) is -2.13. The van der Waals surface area contributed by atoms with E-state index in [9.17, 15) is 18.0 Å². The predicted octanol–water partition coefficient (Wildman–Crippen LogP) is 4.24. The van der Waals surface area contributed by atoms with E-state index in [1.54, 1.807) is 63.2 Å². The van der Waals surface area contributed by atoms with E-state index >= 15 is 0 Å². The molecule has 2 unspecified atom stereocenters. The number of hydrogen-bond donors (Lipinski definition) is 2. The molecule has 17 heteroatoms. The Hall–Kier alpha value is -4.41. The van der Waals surface area contributed by atoms with Gasteiger partial charge in [-0.05, 0) is 49.7 Å². The summed E-state index contributed by atoms with van der Waals surface area (Å²) in [5, 5.41) is 16.6. The minimum atomic E-state index is -3.87. The lowest BCUT2D eigenvalue weighted by Gasteiger charge is -2.32. The van der Waals surface area contributed by atoms with E-state index < -0.39 is 34.0 Å². The zero-order valence-corrected chi connectivity index (χ0v) is 29.3. The molecular weight excluding hydrogens is 697 g/mol. The minimum Gasteiger partial charge on any atom is -0.466 e. The van der Waals surface area contributed by atoms with E-state index in [0.29, 0.717) is 27.9 Å². The number of carbonyl (C=O) groups is 2. The van der Waals surface area contributed by atoms with Crippen LogP contribution in [0.15, 0.2) is 82.2 Å². The number of halogens is 2. The number of nitrogens with zero attached hydrogens (tertiary/aromatic N) is 5. The quantitative estimate of drug-likeness (QED) is 0.188. The van der Waals surface area contributed by atoms with Crippen molar-refractivity contribution >= 4 is 56.1 Å². The van der Waals surface area contributed by atoms with Gasteiger partial charge in [0.05, 0.1) is 65.2 Å². The number of benzene rings is 2. The van der Waals surface area contributed by atoms with E-state index in [1.807, 2.05) is 0 Å². The number of carbonyl (C=O) groups excluding carboxylic acids is 2. The fraction of sp³-hybridized carbons (Fsp3) is 0.312. The number of esters is 2. The van der Waals surface area contributed by atoms with Crippen molar-refractivity contribution in [3.63, 3.8) is 0 Å². The van der Waals surface area contributed by atoms with Gasteiger partial charge in [-0.25, -0.2) is 22.7 Å². The van der Waals surface area contributed by atoms with Crippen molar-refractivity contribution in [1.29, 1.82) is 0 Å². The van der Waals surface area contributed by atoms with Gasteiger partial charge in [-0.15, -0.1) is 10.2 Å². The highest BCUT2D eigenvalue weighted by Crippen LogP contribution is 2.43. The lowest BCUT2D eigenvalue weighted by Crippen LogP contribution is -2.35. The smallest absolute Gasteiger partial charge is 0.336 e. The second kappa shape index (κ2) is 15.4. The standard InChI is InChI=1S/C32H33Cl2N7O7S/c1-5-47-32(43)27-23(37-18(2)25(31(42)46-4)26(27)21-11-7-12-22(33)28(21)34)17-48-19(3)30-38-40-41(39-30)16-15-36-49(44,45)24-13-6-9-20-10-8-14-35-29(20)24/h6-14,19,26,36-37H,5,15-17H2,1-4H3. The Morgan fingerprint density at radius 2 is 1.84 bits per heavy atom. The number of fused-ring (bicyclic) bond motifs is 1. The molecule has 0 saturated heterocycles. The first-order valence-corrected chi connectivity index (χ1v) is 17.3. The van der Waals surface area contributed by atoms with Crippen molar-refractivity contribution < 1.29 is 32.2 Å². The zero-order chi connectivity index (χ0) is 35.3. The number of rotatable bonds is 13. The number of aromatic nitrogens is 5. The molecule has 0 bridgehead atoms. The maximum atomic E-state index is 13.5. The van der Waals surface area contributed by atoms with E-state index in [2.05, 4.69) is 30.4 Å². The zero-order valence-electron chi connectivity index (χ0n) is 26.9. The minimum absolute atomic E-state index is 0.0160. The van der Waals surface area contributed by atoms with Crippen LogP contribution in [0.3, 0.4) is 0 Å². The molecule has 14 nitrogen and oxygen atoms in total. The molecule has 2 aromatic heterocycles. The van der Waals surface area contributed by atoms with Crippen LogP contribution in [0.2, 0.25) is 10.0 Å². The molecule has 0 fully saturated rings. The van der Waals surface area contributed by atoms with Crippen LogP contribution in [-0.4, -0.2) is 72.4 Å². The number of methoxy groups -OCH3 is 1. The molecule has 0 saturated carbocycles. The molecule has 0 spiro atoms. The second-order valence-corrected chi connectivity index (χ2v) is 13.3. The van der Waals surface area contributed by atoms with Crippen LogP contribution in [0.1, 0.15) is 44.2 Å². The first-order chi connectivity index (χ1) is 23.5. The summed E-state index contributed by atoms with van der Waals surface area (Å²) in [5.41, 5.74) is 1.76. The Bertz CT molecular complexity index is 2060. The van der Waals surface area contributed by atoms with E-state index in [1.165, 1.54) is 24.2 Å². The maximum Gasteiger partial charge on any atom is 0.336 e. The summed E-state index contributed by atoms with van der Waals surface area (Å²) in [7, 11) is -2.63. The molecule has 258 valence electrons. The highest BCUT2D eigenvalue weighted by molar-refractivity contribution is 7.89. The van der Waals surface area contributed by atoms with Gasteiger partial charge in [0.15, 0.2) is 0 Å². The molecule has 0 aliphatic carbocycles. The number of hydrogen-bond acceptors (Lipinski definition) is 12. The van der Waals surface area contributed by atoms with Crippen LogP contribution in [-0.2, 0) is 40.4 Å². The number of allylic oxidation sites excluding steroid dienone is 1. The molecule has 2 aromatic carbocycles. The SMILES string of the molecule is CCOC(=O)C1=C(COC(C)c2nnn(CCNS(=O)(=O)c3cccc4cccnc34)n2)NC(C)=C(C(=O)OC)C1c1cccc(Cl)c1Cl. The number of para-hydroxylation sites is 1. The van der Waals surface area contributed by atoms with Gasteiger partial charge in [0.25, 0.3) is 0 Å². The Kier molecular flexibility index (Phi) is 11.3. The van der Waals surface area contributed by atoms with Gasteiger partial charge in [0, 0.05) is 23.8 Å². The number of dihydropyridines is 1. The van der Waals surface area contributed by atoms with Gasteiger partial charge in [-0.1, -0.05) is 53.5 Å². The van der Waals surface area contributed by atoms with Crippen molar-refractivity contribution in [1.82, 2.24) is 35.2 Å². The molecule has 2 N–H and O–H groups in total. The van der Waals surface area contributed by atoms with Crippen LogP contribution in [0.25, 0.3) is 10.9 Å². The predicted molar refractivity (Wildman–Crippen MR) is 180 cm³/mol. The van der Waals surface area contributed by atoms with E-state index in [-0.39, 0.29) is 58.2 Å². The van der Waals surface area contributed by atoms with Crippen molar-refractivity contribution in [3.05, 3.63) is 98.7 Å². The number of pyridine rings is 1. The molecule has 49 heavy (non-hydrogen) atoms. The van der Waals surface area contributed by atoms with Crippen LogP contribution in [0.5, 0.6) is 0 Å². The third-order valence-electron chi connectivity index (χ3n) is 7.64. The molecule has 4 aromatic rings. The van der Waals surface area contributed by atoms with Gasteiger partial charge >= 0.3 is 11.9 Å². The molecule has 1 aliphatic rings. The average Bonchev–Trinajstić information content (AvgIpc) is 3.56. The summed E-state index contributed by atoms with van der Waals surface area (Å²) >= 11 is 12.9. The third kappa shape index (κ3) is 7.76. The normalized spacial score (nSPS) is 15.7. The summed E-state index contributed by atoms with van der Waals surface area (Å²) < 4.78 is 45.2. The summed E-state index contributed by atoms with van der Waals surface area (Å²) in [6.45, 7) is 5.01. The van der Waals surface area contributed by atoms with Gasteiger partial charge in [-0.3, -0.25) is 4.98 Å². The maximum absolute atomic E-state index is 13.5. The molecule has 0 radical (unpaired) electrons. The fourth-order valence-electron chi connectivity index (χ4n) is 5.34. The van der Waals surface area contributed by atoms with Gasteiger partial charge in [0.1, 0.15) is 11.0 Å². The van der Waals surface area contributed by atoms with Crippen LogP contribution < -0.4 is 10.0 Å². The topological polar surface area (TPSA) is 177 Å². The van der Waals surface area contributed by atoms with Crippen molar-refractivity contribution in [2.75, 3.05) is 26.9 Å². The van der Waals surface area contributed by atoms with Crippen LogP contribution in [0.4, 0.5) is 0 Å². The molecule has 5 rings (SSSR count). The molecule has 2 atom stereocenters. The lowest BCUT2D eigenvalue weighted by molar-refractivity contribution is -0.139. The van der Waals surface area contributed by atoms with Gasteiger partial charge < -0.3 is 19.5 Å². The highest BCUT2D eigenvalue weighted by Gasteiger charge is 2.40. The van der Waals surface area contributed by atoms with E-state index in [0.717, 1.165) is 0 Å². The Balaban J connectivity index is 1.33. The summed E-state index contributed by atoms with van der Waals surface area (Å²) in [4.78, 5) is 32.0. The van der Waals surface area contributed by atoms with E-state index in [4.69, 9.17) is 37.4 Å². The number of nitrogens with one attached hydrogen (secondary N) is 2. The van der Waals surface area contributed by atoms with Crippen molar-refractivity contribution in [3.8, 4) is 0 Å². The van der Waals surface area contributed by atoms with Crippen molar-refractivity contribution in [2.45, 2.75) is 44.2 Å². The second-order valence-electron chi connectivity index (χ2n) is 10.8. The Morgan fingerprint density at radius 1 is 1.08 bits per heavy atom. The first-order valence-electron chi connectivity index (χ1n) is 15.1. The number of tetrazole rings is 1. The number of ether oxygens (including phenoxy) is 3. The lowest BCUT2D eigenvalue weighted by atomic mass is 9.80. The Labute approximate surface area is 292 Å². The molecular formula is C32H33Cl2N7O7S. The van der Waals surface area contributed by atoms with Gasteiger partial charge in [-0.2, -0.15) is 4.80 Å². The third-order valence-corrected chi connectivity index (χ3v) is 9.96. The van der Waals surface area contributed by atoms with Crippen LogP contribution >= 0.6 is 23.2 Å². The van der Waals surface area contributed by atoms with Gasteiger partial charge in [0.2, 0.25) is 15.8 Å². The number of sulfonamides is 1. The first kappa shape index (κ1) is 35.9.